The Balaban J connectivity index is 1.40. The van der Waals surface area contributed by atoms with E-state index in [1.807, 2.05) is 0 Å². The van der Waals surface area contributed by atoms with Crippen molar-refractivity contribution in [2.24, 2.45) is 0 Å². The fraction of sp³-hybridized carbons (Fsp3) is 1.00. The normalized spacial score (nSPS) is 32.4. The van der Waals surface area contributed by atoms with Gasteiger partial charge < -0.3 is 14.8 Å². The molecule has 1 unspecified atom stereocenters. The number of ether oxygens (including phenoxy) is 2. The van der Waals surface area contributed by atoms with Crippen LogP contribution in [0.3, 0.4) is 0 Å². The zero-order valence-electron chi connectivity index (χ0n) is 12.2. The first-order valence-electron chi connectivity index (χ1n) is 8.07. The highest BCUT2D eigenvalue weighted by molar-refractivity contribution is 4.87. The first-order valence-corrected chi connectivity index (χ1v) is 8.07. The third-order valence-electron chi connectivity index (χ3n) is 5.11. The summed E-state index contributed by atoms with van der Waals surface area (Å²) < 4.78 is 11.6. The van der Waals surface area contributed by atoms with E-state index in [1.54, 1.807) is 0 Å². The van der Waals surface area contributed by atoms with Gasteiger partial charge in [-0.25, -0.2) is 0 Å². The van der Waals surface area contributed by atoms with Crippen molar-refractivity contribution in [3.05, 3.63) is 0 Å². The Labute approximate surface area is 116 Å². The molecule has 1 aliphatic carbocycles. The maximum atomic E-state index is 5.78. The van der Waals surface area contributed by atoms with Gasteiger partial charge >= 0.3 is 0 Å². The van der Waals surface area contributed by atoms with Crippen LogP contribution in [0.4, 0.5) is 0 Å². The molecule has 2 saturated heterocycles. The van der Waals surface area contributed by atoms with Gasteiger partial charge in [-0.3, -0.25) is 4.90 Å². The van der Waals surface area contributed by atoms with E-state index >= 15 is 0 Å². The van der Waals surface area contributed by atoms with Crippen LogP contribution >= 0.6 is 0 Å². The van der Waals surface area contributed by atoms with Crippen LogP contribution in [0.15, 0.2) is 0 Å². The molecule has 0 aromatic heterocycles. The average Bonchev–Trinajstić information content (AvgIpc) is 3.07. The molecule has 0 radical (unpaired) electrons. The third-order valence-corrected chi connectivity index (χ3v) is 5.11. The van der Waals surface area contributed by atoms with Crippen LogP contribution < -0.4 is 5.32 Å². The van der Waals surface area contributed by atoms with Crippen molar-refractivity contribution in [2.45, 2.75) is 63.3 Å². The van der Waals surface area contributed by atoms with E-state index in [2.05, 4.69) is 17.1 Å². The van der Waals surface area contributed by atoms with Crippen LogP contribution in [-0.2, 0) is 9.47 Å². The predicted octanol–water partition coefficient (Wildman–Crippen LogP) is 1.75. The summed E-state index contributed by atoms with van der Waals surface area (Å²) in [6.07, 6.45) is 7.25. The Morgan fingerprint density at radius 2 is 1.89 bits per heavy atom. The smallest absolute Gasteiger partial charge is 0.168 e. The molecule has 4 nitrogen and oxygen atoms in total. The zero-order chi connectivity index (χ0) is 13.1. The number of hydrogen-bond donors (Lipinski definition) is 1. The van der Waals surface area contributed by atoms with Gasteiger partial charge in [-0.1, -0.05) is 6.92 Å². The van der Waals surface area contributed by atoms with Crippen molar-refractivity contribution in [1.29, 1.82) is 0 Å². The highest BCUT2D eigenvalue weighted by Crippen LogP contribution is 2.35. The Hall–Kier alpha value is -0.160. The summed E-state index contributed by atoms with van der Waals surface area (Å²) in [5, 5.41) is 3.78. The second kappa shape index (κ2) is 6.08. The summed E-state index contributed by atoms with van der Waals surface area (Å²) in [5.74, 6) is -0.207. The summed E-state index contributed by atoms with van der Waals surface area (Å²) in [5.41, 5.74) is 0. The predicted molar refractivity (Wildman–Crippen MR) is 75.2 cm³/mol. The van der Waals surface area contributed by atoms with E-state index < -0.39 is 0 Å². The van der Waals surface area contributed by atoms with Crippen molar-refractivity contribution >= 4 is 0 Å². The lowest BCUT2D eigenvalue weighted by atomic mass is 9.90. The highest BCUT2D eigenvalue weighted by atomic mass is 16.7. The minimum atomic E-state index is -0.207. The lowest BCUT2D eigenvalue weighted by Gasteiger charge is -2.36. The molecule has 0 aromatic rings. The van der Waals surface area contributed by atoms with E-state index in [-0.39, 0.29) is 5.79 Å². The van der Waals surface area contributed by atoms with E-state index in [0.29, 0.717) is 6.04 Å². The van der Waals surface area contributed by atoms with Crippen molar-refractivity contribution in [3.8, 4) is 0 Å². The lowest BCUT2D eigenvalue weighted by molar-refractivity contribution is -0.179. The van der Waals surface area contributed by atoms with E-state index in [4.69, 9.17) is 9.47 Å². The number of likely N-dealkylation sites (tertiary alicyclic amines) is 1. The highest BCUT2D eigenvalue weighted by Gasteiger charge is 2.40. The number of nitrogens with one attached hydrogen (secondary N) is 1. The van der Waals surface area contributed by atoms with Crippen LogP contribution in [0.2, 0.25) is 0 Å². The number of nitrogens with zero attached hydrogens (tertiary/aromatic N) is 1. The summed E-state index contributed by atoms with van der Waals surface area (Å²) in [6.45, 7) is 7.49. The van der Waals surface area contributed by atoms with Crippen LogP contribution in [0.5, 0.6) is 0 Å². The van der Waals surface area contributed by atoms with E-state index in [1.165, 1.54) is 38.8 Å². The molecule has 1 N–H and O–H groups in total. The fourth-order valence-corrected chi connectivity index (χ4v) is 3.89. The topological polar surface area (TPSA) is 33.7 Å². The van der Waals surface area contributed by atoms with Gasteiger partial charge in [-0.2, -0.15) is 0 Å². The molecule has 2 aliphatic heterocycles. The minimum absolute atomic E-state index is 0.207. The van der Waals surface area contributed by atoms with Gasteiger partial charge in [0.05, 0.1) is 13.2 Å². The molecule has 1 atom stereocenters. The molecule has 1 spiro atoms. The van der Waals surface area contributed by atoms with Gasteiger partial charge in [-0.15, -0.1) is 0 Å². The molecule has 1 saturated carbocycles. The van der Waals surface area contributed by atoms with Crippen LogP contribution in [-0.4, -0.2) is 55.6 Å². The Kier molecular flexibility index (Phi) is 4.42. The average molecular weight is 268 g/mol. The molecular weight excluding hydrogens is 240 g/mol. The van der Waals surface area contributed by atoms with Crippen LogP contribution in [0.25, 0.3) is 0 Å². The molecule has 4 heteroatoms. The molecule has 0 aromatic carbocycles. The number of hydrogen-bond acceptors (Lipinski definition) is 4. The maximum Gasteiger partial charge on any atom is 0.168 e. The zero-order valence-corrected chi connectivity index (χ0v) is 12.2. The maximum absolute atomic E-state index is 5.78. The molecule has 0 amide bonds. The summed E-state index contributed by atoms with van der Waals surface area (Å²) >= 11 is 0. The van der Waals surface area contributed by atoms with Gasteiger partial charge in [0, 0.05) is 31.5 Å². The van der Waals surface area contributed by atoms with Gasteiger partial charge in [0.1, 0.15) is 0 Å². The van der Waals surface area contributed by atoms with Crippen LogP contribution in [0.1, 0.15) is 45.4 Å². The van der Waals surface area contributed by atoms with Crippen LogP contribution in [0, 0.1) is 0 Å². The van der Waals surface area contributed by atoms with Gasteiger partial charge in [0.15, 0.2) is 5.79 Å². The molecule has 19 heavy (non-hydrogen) atoms. The fourth-order valence-electron chi connectivity index (χ4n) is 3.89. The molecule has 3 fully saturated rings. The second-order valence-electron chi connectivity index (χ2n) is 6.21. The molecule has 3 rings (SSSR count). The Bertz CT molecular complexity index is 282. The summed E-state index contributed by atoms with van der Waals surface area (Å²) in [7, 11) is 0. The molecule has 2 heterocycles. The quantitative estimate of drug-likeness (QED) is 0.842. The molecule has 110 valence electrons. The summed E-state index contributed by atoms with van der Waals surface area (Å²) in [4.78, 5) is 2.61. The van der Waals surface area contributed by atoms with Crippen molar-refractivity contribution in [2.75, 3.05) is 32.8 Å². The third kappa shape index (κ3) is 3.13. The lowest BCUT2D eigenvalue weighted by Crippen LogP contribution is -2.46. The summed E-state index contributed by atoms with van der Waals surface area (Å²) in [6, 6.07) is 1.43. The van der Waals surface area contributed by atoms with Gasteiger partial charge in [0.2, 0.25) is 0 Å². The second-order valence-corrected chi connectivity index (χ2v) is 6.21. The monoisotopic (exact) mass is 268 g/mol. The first kappa shape index (κ1) is 13.8. The molecule has 3 aliphatic rings. The van der Waals surface area contributed by atoms with Crippen molar-refractivity contribution < 1.29 is 9.47 Å². The van der Waals surface area contributed by atoms with Gasteiger partial charge in [0.25, 0.3) is 0 Å². The van der Waals surface area contributed by atoms with E-state index in [0.717, 1.165) is 38.6 Å². The van der Waals surface area contributed by atoms with Gasteiger partial charge in [-0.05, 0) is 38.8 Å². The molecular formula is C15H28N2O2. The number of rotatable bonds is 4. The minimum Gasteiger partial charge on any atom is -0.348 e. The molecule has 0 bridgehead atoms. The SMILES string of the molecule is CCN1CCCC1CNC1CCC2(CC1)OCCO2. The van der Waals surface area contributed by atoms with E-state index in [9.17, 15) is 0 Å². The largest absolute Gasteiger partial charge is 0.348 e. The Morgan fingerprint density at radius 3 is 2.58 bits per heavy atom. The Morgan fingerprint density at radius 1 is 1.16 bits per heavy atom. The first-order chi connectivity index (χ1) is 9.31. The number of likely N-dealkylation sites (N-methyl/N-ethyl adjacent to an activating group) is 1. The standard InChI is InChI=1S/C15H28N2O2/c1-2-17-9-3-4-14(17)12-16-13-5-7-15(8-6-13)18-10-11-19-15/h13-14,16H,2-12H2,1H3. The van der Waals surface area contributed by atoms with Crippen molar-refractivity contribution in [1.82, 2.24) is 10.2 Å². The van der Waals surface area contributed by atoms with Crippen molar-refractivity contribution in [3.63, 3.8) is 0 Å².